The van der Waals surface area contributed by atoms with Gasteiger partial charge in [0.05, 0.1) is 33.1 Å². The minimum Gasteiger partial charge on any atom is -0.310 e. The molecule has 13 aromatic rings. The second-order valence-electron chi connectivity index (χ2n) is 20.3. The molecule has 0 unspecified atom stereocenters. The average Bonchev–Trinajstić information content (AvgIpc) is 4.05. The van der Waals surface area contributed by atoms with E-state index in [1.54, 1.807) is 0 Å². The first-order valence-corrected chi connectivity index (χ1v) is 23.3. The molecule has 4 heteroatoms. The first-order valence-electron chi connectivity index (χ1n) is 23.3. The number of para-hydroxylation sites is 4. The van der Waals surface area contributed by atoms with Crippen LogP contribution in [-0.2, 0) is 10.8 Å². The van der Waals surface area contributed by atoms with Crippen molar-refractivity contribution in [3.05, 3.63) is 205 Å². The summed E-state index contributed by atoms with van der Waals surface area (Å²) in [5.41, 5.74) is 17.0. The van der Waals surface area contributed by atoms with Crippen molar-refractivity contribution in [3.63, 3.8) is 0 Å². The molecule has 0 aliphatic carbocycles. The number of anilines is 6. The Hall–Kier alpha value is -7.82. The zero-order chi connectivity index (χ0) is 44.6. The maximum absolute atomic E-state index is 2.54. The van der Waals surface area contributed by atoms with Gasteiger partial charge in [0.25, 0.3) is 0 Å². The summed E-state index contributed by atoms with van der Waals surface area (Å²) < 4.78 is 5.08. The molecule has 4 nitrogen and oxygen atoms in total. The van der Waals surface area contributed by atoms with E-state index in [4.69, 9.17) is 0 Å². The van der Waals surface area contributed by atoms with Crippen molar-refractivity contribution in [1.82, 2.24) is 8.80 Å². The van der Waals surface area contributed by atoms with Crippen molar-refractivity contribution in [2.24, 2.45) is 0 Å². The molecule has 0 aliphatic heterocycles. The number of benzene rings is 9. The van der Waals surface area contributed by atoms with Crippen LogP contribution in [0.25, 0.3) is 76.2 Å². The van der Waals surface area contributed by atoms with Gasteiger partial charge in [-0.25, -0.2) is 0 Å². The van der Waals surface area contributed by atoms with Crippen LogP contribution < -0.4 is 9.80 Å². The van der Waals surface area contributed by atoms with Gasteiger partial charge < -0.3 is 18.6 Å². The first kappa shape index (κ1) is 38.6. The summed E-state index contributed by atoms with van der Waals surface area (Å²) >= 11 is 0. The zero-order valence-electron chi connectivity index (χ0n) is 38.3. The first-order chi connectivity index (χ1) is 32.0. The summed E-state index contributed by atoms with van der Waals surface area (Å²) in [5, 5.41) is 10.2. The van der Waals surface area contributed by atoms with E-state index < -0.39 is 0 Å². The molecule has 66 heavy (non-hydrogen) atoms. The van der Waals surface area contributed by atoms with Gasteiger partial charge in [-0.15, -0.1) is 0 Å². The molecule has 9 aromatic carbocycles. The van der Waals surface area contributed by atoms with E-state index >= 15 is 0 Å². The quantitative estimate of drug-likeness (QED) is 0.166. The van der Waals surface area contributed by atoms with Crippen molar-refractivity contribution in [3.8, 4) is 0 Å². The van der Waals surface area contributed by atoms with E-state index in [2.05, 4.69) is 254 Å². The van der Waals surface area contributed by atoms with Crippen LogP contribution in [0, 0.1) is 0 Å². The lowest BCUT2D eigenvalue weighted by Gasteiger charge is -2.27. The molecule has 0 N–H and O–H groups in total. The molecular weight excluding hydrogens is 801 g/mol. The SMILES string of the molecule is CC(C)(C)c1ccc(N(c2ccccc2)c2ccc3c4cccc5c6cc7c(cc6n(c3c2)c45)c2cccc3c4ccc(N(c5ccccc5)c5ccc(C(C)(C)C)cc5)cc4n7c32)cc1. The zero-order valence-corrected chi connectivity index (χ0v) is 38.3. The predicted molar refractivity (Wildman–Crippen MR) is 283 cm³/mol. The predicted octanol–water partition coefficient (Wildman–Crippen LogP) is 17.5. The van der Waals surface area contributed by atoms with Gasteiger partial charge in [0.1, 0.15) is 0 Å². The molecule has 0 saturated carbocycles. The molecule has 0 bridgehead atoms. The van der Waals surface area contributed by atoms with E-state index in [9.17, 15) is 0 Å². The minimum atomic E-state index is 0.0729. The van der Waals surface area contributed by atoms with Gasteiger partial charge in [0.2, 0.25) is 0 Å². The van der Waals surface area contributed by atoms with E-state index in [1.807, 2.05) is 0 Å². The van der Waals surface area contributed by atoms with Crippen molar-refractivity contribution in [1.29, 1.82) is 0 Å². The molecule has 0 fully saturated rings. The maximum Gasteiger partial charge on any atom is 0.0620 e. The second-order valence-corrected chi connectivity index (χ2v) is 20.3. The van der Waals surface area contributed by atoms with Crippen LogP contribution >= 0.6 is 0 Å². The van der Waals surface area contributed by atoms with Crippen LogP contribution in [0.5, 0.6) is 0 Å². The highest BCUT2D eigenvalue weighted by Crippen LogP contribution is 2.47. The summed E-state index contributed by atoms with van der Waals surface area (Å²) in [4.78, 5) is 4.78. The number of aromatic nitrogens is 2. The molecule has 0 radical (unpaired) electrons. The van der Waals surface area contributed by atoms with E-state index in [0.717, 1.165) is 34.1 Å². The average molecular weight is 851 g/mol. The molecular formula is C62H50N4. The highest BCUT2D eigenvalue weighted by atomic mass is 15.1. The highest BCUT2D eigenvalue weighted by molar-refractivity contribution is 6.29. The van der Waals surface area contributed by atoms with Crippen LogP contribution in [0.1, 0.15) is 52.7 Å². The lowest BCUT2D eigenvalue weighted by atomic mass is 9.87. The fourth-order valence-electron chi connectivity index (χ4n) is 11.0. The Labute approximate surface area is 384 Å². The summed E-state index contributed by atoms with van der Waals surface area (Å²) in [7, 11) is 0. The Balaban J connectivity index is 1.04. The van der Waals surface area contributed by atoms with Gasteiger partial charge in [0.15, 0.2) is 0 Å². The van der Waals surface area contributed by atoms with Gasteiger partial charge in [-0.1, -0.05) is 151 Å². The van der Waals surface area contributed by atoms with Crippen LogP contribution in [0.15, 0.2) is 194 Å². The van der Waals surface area contributed by atoms with Crippen molar-refractivity contribution >= 4 is 110 Å². The summed E-state index contributed by atoms with van der Waals surface area (Å²) in [6.07, 6.45) is 0. The second kappa shape index (κ2) is 13.8. The third-order valence-electron chi connectivity index (χ3n) is 14.2. The normalized spacial score (nSPS) is 12.7. The van der Waals surface area contributed by atoms with Crippen LogP contribution in [0.2, 0.25) is 0 Å². The molecule has 0 aliphatic rings. The molecule has 0 saturated heterocycles. The van der Waals surface area contributed by atoms with Gasteiger partial charge >= 0.3 is 0 Å². The number of nitrogens with zero attached hydrogens (tertiary/aromatic N) is 4. The van der Waals surface area contributed by atoms with Crippen molar-refractivity contribution in [2.75, 3.05) is 9.80 Å². The summed E-state index contributed by atoms with van der Waals surface area (Å²) in [6, 6.07) is 72.4. The number of hydrogen-bond acceptors (Lipinski definition) is 2. The fraction of sp³-hybridized carbons (Fsp3) is 0.129. The van der Waals surface area contributed by atoms with E-state index in [0.29, 0.717) is 0 Å². The number of fused-ring (bicyclic) bond motifs is 12. The fourth-order valence-corrected chi connectivity index (χ4v) is 11.0. The summed E-state index contributed by atoms with van der Waals surface area (Å²) in [6.45, 7) is 13.6. The molecule has 318 valence electrons. The smallest absolute Gasteiger partial charge is 0.0620 e. The van der Waals surface area contributed by atoms with Gasteiger partial charge in [-0.2, -0.15) is 0 Å². The molecule has 4 aromatic heterocycles. The topological polar surface area (TPSA) is 15.3 Å². The van der Waals surface area contributed by atoms with E-state index in [1.165, 1.54) is 87.3 Å². The monoisotopic (exact) mass is 850 g/mol. The third kappa shape index (κ3) is 5.64. The highest BCUT2D eigenvalue weighted by Gasteiger charge is 2.25. The molecule has 0 amide bonds. The Morgan fingerprint density at radius 1 is 0.273 bits per heavy atom. The minimum absolute atomic E-state index is 0.0729. The van der Waals surface area contributed by atoms with Crippen LogP contribution in [0.3, 0.4) is 0 Å². The maximum atomic E-state index is 2.54. The van der Waals surface area contributed by atoms with Crippen molar-refractivity contribution in [2.45, 2.75) is 52.4 Å². The molecule has 4 heterocycles. The van der Waals surface area contributed by atoms with Gasteiger partial charge in [0, 0.05) is 77.2 Å². The van der Waals surface area contributed by atoms with E-state index in [-0.39, 0.29) is 10.8 Å². The van der Waals surface area contributed by atoms with Crippen molar-refractivity contribution < 1.29 is 0 Å². The number of hydrogen-bond donors (Lipinski definition) is 0. The standard InChI is InChI=1S/C62H50N4/c1-61(2,3)39-23-27-43(28-24-39)63(41-15-9-7-10-16-41)45-31-33-47-49-19-13-21-51-53-38-58-54(37-57(53)65(59(49)51)55(47)35-45)52-22-14-20-50-48-34-32-46(36-56(48)66(58)60(50)52)64(42-17-11-8-12-18-42)44-29-25-40(26-30-44)62(4,5)6/h7-38H,1-6H3. The third-order valence-corrected chi connectivity index (χ3v) is 14.2. The molecule has 0 spiro atoms. The Kier molecular flexibility index (Phi) is 8.10. The lowest BCUT2D eigenvalue weighted by molar-refractivity contribution is 0.590. The Bertz CT molecular complexity index is 3710. The van der Waals surface area contributed by atoms with Gasteiger partial charge in [-0.3, -0.25) is 0 Å². The van der Waals surface area contributed by atoms with Crippen LogP contribution in [0.4, 0.5) is 34.1 Å². The molecule has 0 atom stereocenters. The molecule has 13 rings (SSSR count). The van der Waals surface area contributed by atoms with Gasteiger partial charge in [-0.05, 0) is 107 Å². The van der Waals surface area contributed by atoms with Crippen LogP contribution in [-0.4, -0.2) is 8.80 Å². The Morgan fingerprint density at radius 3 is 0.955 bits per heavy atom. The number of rotatable bonds is 6. The lowest BCUT2D eigenvalue weighted by Crippen LogP contribution is -2.13. The summed E-state index contributed by atoms with van der Waals surface area (Å²) in [5.74, 6) is 0. The Morgan fingerprint density at radius 2 is 0.591 bits per heavy atom. The largest absolute Gasteiger partial charge is 0.310 e.